The molecule has 2 unspecified atom stereocenters. The number of amides is 6. The van der Waals surface area contributed by atoms with Gasteiger partial charge in [-0.1, -0.05) is 173 Å². The van der Waals surface area contributed by atoms with E-state index in [4.69, 9.17) is 38.2 Å². The Morgan fingerprint density at radius 2 is 0.653 bits per heavy atom. The lowest BCUT2D eigenvalue weighted by molar-refractivity contribution is -0.122. The Labute approximate surface area is 887 Å². The first kappa shape index (κ1) is 107. The van der Waals surface area contributed by atoms with Crippen LogP contribution in [-0.4, -0.2) is 133 Å². The molecule has 0 bridgehead atoms. The lowest BCUT2D eigenvalue weighted by atomic mass is 9.68. The molecule has 0 aliphatic heterocycles. The van der Waals surface area contributed by atoms with Gasteiger partial charge in [-0.05, 0) is 294 Å². The summed E-state index contributed by atoms with van der Waals surface area (Å²) in [4.78, 5) is 131. The van der Waals surface area contributed by atoms with Gasteiger partial charge in [0.1, 0.15) is 43.4 Å². The summed E-state index contributed by atoms with van der Waals surface area (Å²) in [7, 11) is 0. The third-order valence-corrected chi connectivity index (χ3v) is 31.9. The largest absolute Gasteiger partial charge is 0.385 e. The molecule has 3 atom stereocenters. The number of carbonyl (C=O) groups is 6. The zero-order valence-corrected chi connectivity index (χ0v) is 91.4. The van der Waals surface area contributed by atoms with Crippen LogP contribution in [0.25, 0.3) is 67.0 Å². The molecule has 23 rings (SSSR count). The van der Waals surface area contributed by atoms with E-state index in [1.165, 1.54) is 82.0 Å². The number of aliphatic hydroxyl groups is 2. The molecule has 14 aromatic rings. The SMILES string of the molecule is CC(C)(C)CC(=O)Nc1nc2ccc(C3CC3)nc2n1C1CCC1.CC(O)(CC(=O)Nc1nc2ccc(Cl)nc2n1C1CCC1)c1ccccc1.CC1(CC(=O)Nc2nc3ccc(C4CCC4)nc3n2C2CCC2)CCC1.Cc1cc(Cl)nc2c1nc(NC(=O)CC(C)(C)C)n2C1CCC1.Cc1ccc2nc(NC(=O)CC(C)(O)c3ccccc3)n(C3CCC3)c2n1.Cc1ccc2nc(NC(=O)[C@H](C)C(C)(C)C)n(C3CCC3)c2n1. The number of benzene rings is 2. The molecule has 150 heavy (non-hydrogen) atoms. The number of rotatable bonds is 25. The zero-order chi connectivity index (χ0) is 106. The molecule has 0 saturated heterocycles. The summed E-state index contributed by atoms with van der Waals surface area (Å²) < 4.78 is 12.6. The minimum Gasteiger partial charge on any atom is -0.385 e. The number of aryl methyl sites for hydroxylation is 3. The number of halogens is 2. The minimum atomic E-state index is -1.26. The predicted octanol–water partition coefficient (Wildman–Crippen LogP) is 25.7. The van der Waals surface area contributed by atoms with E-state index in [0.717, 1.165) is 169 Å². The molecule has 32 nitrogen and oxygen atoms in total. The van der Waals surface area contributed by atoms with Gasteiger partial charge in [-0.2, -0.15) is 0 Å². The number of imidazole rings is 6. The topological polar surface area (TPSA) is 399 Å². The fourth-order valence-electron chi connectivity index (χ4n) is 20.4. The van der Waals surface area contributed by atoms with Gasteiger partial charge in [0.2, 0.25) is 71.1 Å². The molecule has 12 heterocycles. The first-order chi connectivity index (χ1) is 71.4. The average molecular weight is 2080 g/mol. The Hall–Kier alpha value is -12.5. The third kappa shape index (κ3) is 25.1. The maximum absolute atomic E-state index is 12.7. The van der Waals surface area contributed by atoms with Gasteiger partial charge in [-0.25, -0.2) is 59.8 Å². The lowest BCUT2D eigenvalue weighted by Crippen LogP contribution is -2.32. The normalized spacial score (nSPS) is 17.9. The van der Waals surface area contributed by atoms with Gasteiger partial charge in [0.15, 0.2) is 33.9 Å². The fourth-order valence-corrected chi connectivity index (χ4v) is 20.8. The van der Waals surface area contributed by atoms with Crippen LogP contribution in [0.4, 0.5) is 35.7 Å². The molecule has 12 aromatic heterocycles. The van der Waals surface area contributed by atoms with Crippen LogP contribution in [0, 0.1) is 48.3 Å². The number of anilines is 6. The Bertz CT molecular complexity index is 7120. The van der Waals surface area contributed by atoms with Crippen molar-refractivity contribution in [3.8, 4) is 0 Å². The minimum absolute atomic E-state index is 0.0165. The van der Waals surface area contributed by atoms with Crippen LogP contribution in [0.3, 0.4) is 0 Å². The van der Waals surface area contributed by atoms with Gasteiger partial charge in [-0.3, -0.25) is 88.1 Å². The van der Waals surface area contributed by atoms with Crippen molar-refractivity contribution in [1.29, 1.82) is 0 Å². The maximum Gasteiger partial charge on any atom is 0.230 e. The number of hydrogen-bond acceptors (Lipinski definition) is 20. The number of pyridine rings is 6. The molecule has 9 fully saturated rings. The van der Waals surface area contributed by atoms with Crippen LogP contribution in [0.2, 0.25) is 10.3 Å². The summed E-state index contributed by atoms with van der Waals surface area (Å²) >= 11 is 12.2. The summed E-state index contributed by atoms with van der Waals surface area (Å²) in [5.74, 6) is 4.29. The molecule has 9 saturated carbocycles. The molecule has 8 N–H and O–H groups in total. The summed E-state index contributed by atoms with van der Waals surface area (Å²) in [5.41, 5.74) is 14.1. The van der Waals surface area contributed by atoms with Gasteiger partial charge in [0.25, 0.3) is 0 Å². The quantitative estimate of drug-likeness (QED) is 0.0246. The van der Waals surface area contributed by atoms with Crippen LogP contribution in [0.1, 0.15) is 377 Å². The number of hydrogen-bond donors (Lipinski definition) is 8. The summed E-state index contributed by atoms with van der Waals surface area (Å²) in [6.07, 6.45) is 31.7. The van der Waals surface area contributed by atoms with Crippen molar-refractivity contribution >= 4 is 161 Å². The fraction of sp³-hybridized carbons (Fsp3) is 0.534. The highest BCUT2D eigenvalue weighted by Crippen LogP contribution is 2.49. The number of carbonyl (C=O) groups excluding carboxylic acids is 6. The Balaban J connectivity index is 0.000000118. The Morgan fingerprint density at radius 3 is 0.980 bits per heavy atom. The van der Waals surface area contributed by atoms with Crippen LogP contribution in [0.15, 0.2) is 127 Å². The average Bonchev–Trinajstić information content (AvgIpc) is 1.65. The molecular weight excluding hydrogens is 1930 g/mol. The smallest absolute Gasteiger partial charge is 0.230 e. The number of nitrogens with zero attached hydrogens (tertiary/aromatic N) is 18. The third-order valence-electron chi connectivity index (χ3n) is 31.5. The van der Waals surface area contributed by atoms with Crippen molar-refractivity contribution in [2.75, 3.05) is 31.9 Å². The maximum atomic E-state index is 12.7. The Kier molecular flexibility index (Phi) is 31.8. The number of fused-ring (bicyclic) bond motifs is 6. The molecule has 9 aliphatic rings. The summed E-state index contributed by atoms with van der Waals surface area (Å²) in [6, 6.07) is 42.0. The van der Waals surface area contributed by atoms with Gasteiger partial charge >= 0.3 is 0 Å². The van der Waals surface area contributed by atoms with Gasteiger partial charge in [0.05, 0.1) is 24.0 Å². The number of nitrogens with one attached hydrogen (secondary N) is 6. The van der Waals surface area contributed by atoms with E-state index in [1.54, 1.807) is 26.0 Å². The first-order valence-electron chi connectivity index (χ1n) is 54.4. The monoisotopic (exact) mass is 2080 g/mol. The first-order valence-corrected chi connectivity index (χ1v) is 55.1. The van der Waals surface area contributed by atoms with E-state index in [-0.39, 0.29) is 81.9 Å². The number of aromatic nitrogens is 18. The highest BCUT2D eigenvalue weighted by Gasteiger charge is 2.40. The van der Waals surface area contributed by atoms with Gasteiger partial charge in [0, 0.05) is 96.0 Å². The molecule has 0 radical (unpaired) electrons. The highest BCUT2D eigenvalue weighted by molar-refractivity contribution is 6.30. The highest BCUT2D eigenvalue weighted by atomic mass is 35.5. The van der Waals surface area contributed by atoms with E-state index in [9.17, 15) is 39.0 Å². The van der Waals surface area contributed by atoms with E-state index in [1.807, 2.05) is 149 Å². The second-order valence-corrected chi connectivity index (χ2v) is 48.4. The van der Waals surface area contributed by atoms with Crippen LogP contribution in [-0.2, 0) is 40.0 Å². The lowest BCUT2D eigenvalue weighted by Gasteiger charge is -2.37. The van der Waals surface area contributed by atoms with Crippen molar-refractivity contribution in [2.24, 2.45) is 27.6 Å². The molecule has 794 valence electrons. The van der Waals surface area contributed by atoms with Crippen molar-refractivity contribution < 1.29 is 39.0 Å². The second kappa shape index (κ2) is 44.4. The standard InChI is InChI=1S/C21H24N4O2.C21H28N4O.C20H21ClN4O2.C19H26N4O.C18H26N4O.C17H23ClN4O/c1-14-11-12-17-19(22-14)25(16-9-6-10-16)20(23-17)24-18(26)13-21(2,27)15-7-4-3-5-8-15;1-21(11-4-12-21)13-18(26)24-20-23-17-10-9-16(14-5-2-6-14)22-19(17)25(20)15-7-3-8-15;1-20(27,13-6-3-2-4-7-13)12-17(26)24-19-22-15-10-11-16(21)23-18(15)25(19)14-8-5-9-14;1-19(2,3)11-16(24)22-18-21-15-10-9-14(12-7-8-12)20-17(15)23(18)13-5-4-6-13;1-11-9-10-14-15(19-11)22(13-7-6-8-13)17(20-14)21-16(23)12(2)18(3,4)5;1-10-8-12(18)19-15-14(10)21-16(22(15)11-6-5-7-11)20-13(23)9-17(2,3)4/h3-5,7-8,11-12,16,27H,6,9-10,13H2,1-2H3,(H,23,24,26);9-10,14-15H,2-8,11-13H2,1H3,(H,23,24,26);2-4,6-7,10-11,14,27H,5,8-9,12H2,1H3,(H,22,24,26);9-10,12-13H,4-8,11H2,1-3H3,(H,21,22,24);9-10,12-13H,6-8H2,1-5H3,(H,20,21,23);8,11H,5-7,9H2,1-4H3,(H,20,21,23)/t;;;;12-;/m....0./s1. The Morgan fingerprint density at radius 1 is 0.347 bits per heavy atom. The van der Waals surface area contributed by atoms with E-state index >= 15 is 0 Å². The zero-order valence-electron chi connectivity index (χ0n) is 89.9. The van der Waals surface area contributed by atoms with E-state index in [0.29, 0.717) is 130 Å². The van der Waals surface area contributed by atoms with E-state index in [2.05, 4.69) is 168 Å². The van der Waals surface area contributed by atoms with Crippen molar-refractivity contribution in [3.05, 3.63) is 177 Å². The summed E-state index contributed by atoms with van der Waals surface area (Å²) in [5, 5.41) is 40.3. The van der Waals surface area contributed by atoms with Crippen LogP contribution >= 0.6 is 23.2 Å². The van der Waals surface area contributed by atoms with Crippen molar-refractivity contribution in [1.82, 2.24) is 87.2 Å². The van der Waals surface area contributed by atoms with Crippen molar-refractivity contribution in [3.63, 3.8) is 0 Å². The molecule has 34 heteroatoms. The molecule has 6 amide bonds. The van der Waals surface area contributed by atoms with Gasteiger partial charge in [-0.15, -0.1) is 0 Å². The molecule has 0 spiro atoms. The van der Waals surface area contributed by atoms with Crippen LogP contribution in [0.5, 0.6) is 0 Å². The van der Waals surface area contributed by atoms with Crippen molar-refractivity contribution in [2.45, 2.75) is 369 Å². The molecule has 9 aliphatic carbocycles. The van der Waals surface area contributed by atoms with E-state index < -0.39 is 11.2 Å². The van der Waals surface area contributed by atoms with Gasteiger partial charge < -0.3 is 10.2 Å². The van der Waals surface area contributed by atoms with Crippen LogP contribution < -0.4 is 31.9 Å². The summed E-state index contributed by atoms with van der Waals surface area (Å²) in [6.45, 7) is 32.0. The molecule has 2 aromatic carbocycles. The second-order valence-electron chi connectivity index (χ2n) is 47.7. The molecular formula is C116H148Cl2N24O8. The predicted molar refractivity (Wildman–Crippen MR) is 592 cm³/mol.